The zero-order valence-corrected chi connectivity index (χ0v) is 9.87. The summed E-state index contributed by atoms with van der Waals surface area (Å²) in [6.07, 6.45) is 0. The summed E-state index contributed by atoms with van der Waals surface area (Å²) in [5, 5.41) is 0. The van der Waals surface area contributed by atoms with Crippen LogP contribution in [0.4, 0.5) is 0 Å². The lowest BCUT2D eigenvalue weighted by molar-refractivity contribution is 1.07. The molecule has 0 bridgehead atoms. The fourth-order valence-electron chi connectivity index (χ4n) is 1.56. The molecule has 0 radical (unpaired) electrons. The average molecular weight is 262 g/mol. The Morgan fingerprint density at radius 2 is 1.80 bits per heavy atom. The van der Waals surface area contributed by atoms with Crippen molar-refractivity contribution in [1.29, 1.82) is 0 Å². The summed E-state index contributed by atoms with van der Waals surface area (Å²) >= 11 is 3.55. The van der Waals surface area contributed by atoms with Crippen molar-refractivity contribution in [2.45, 2.75) is 6.54 Å². The van der Waals surface area contributed by atoms with Crippen LogP contribution in [0.15, 0.2) is 53.0 Å². The van der Waals surface area contributed by atoms with Crippen LogP contribution in [0, 0.1) is 0 Å². The van der Waals surface area contributed by atoms with Crippen molar-refractivity contribution >= 4 is 15.9 Å². The number of hydrogen-bond acceptors (Lipinski definition) is 1. The van der Waals surface area contributed by atoms with Crippen molar-refractivity contribution in [3.05, 3.63) is 58.6 Å². The first kappa shape index (κ1) is 10.4. The standard InChI is InChI=1S/C13H12BrN/c14-13-7-2-1-6-12(13)11-5-3-4-10(8-11)9-15/h1-8H,9,15H2. The van der Waals surface area contributed by atoms with E-state index in [4.69, 9.17) is 5.73 Å². The molecule has 2 aromatic rings. The van der Waals surface area contributed by atoms with Gasteiger partial charge in [0.1, 0.15) is 0 Å². The first-order valence-electron chi connectivity index (χ1n) is 4.85. The van der Waals surface area contributed by atoms with E-state index < -0.39 is 0 Å². The SMILES string of the molecule is NCc1cccc(-c2ccccc2Br)c1. The fraction of sp³-hybridized carbons (Fsp3) is 0.0769. The van der Waals surface area contributed by atoms with Gasteiger partial charge in [0.25, 0.3) is 0 Å². The monoisotopic (exact) mass is 261 g/mol. The van der Waals surface area contributed by atoms with E-state index in [1.165, 1.54) is 11.1 Å². The van der Waals surface area contributed by atoms with Gasteiger partial charge in [-0.3, -0.25) is 0 Å². The summed E-state index contributed by atoms with van der Waals surface area (Å²) in [5.41, 5.74) is 9.18. The van der Waals surface area contributed by atoms with E-state index in [9.17, 15) is 0 Å². The van der Waals surface area contributed by atoms with Gasteiger partial charge in [0.15, 0.2) is 0 Å². The molecule has 2 aromatic carbocycles. The van der Waals surface area contributed by atoms with E-state index in [1.807, 2.05) is 30.3 Å². The summed E-state index contributed by atoms with van der Waals surface area (Å²) in [6.45, 7) is 0.582. The molecular weight excluding hydrogens is 250 g/mol. The van der Waals surface area contributed by atoms with E-state index in [2.05, 4.69) is 34.1 Å². The summed E-state index contributed by atoms with van der Waals surface area (Å²) in [6, 6.07) is 16.5. The predicted octanol–water partition coefficient (Wildman–Crippen LogP) is 3.57. The molecule has 0 amide bonds. The zero-order chi connectivity index (χ0) is 10.7. The number of rotatable bonds is 2. The molecule has 0 aliphatic rings. The van der Waals surface area contributed by atoms with Gasteiger partial charge in [-0.2, -0.15) is 0 Å². The van der Waals surface area contributed by atoms with Crippen molar-refractivity contribution in [3.63, 3.8) is 0 Å². The van der Waals surface area contributed by atoms with Crippen molar-refractivity contribution in [2.24, 2.45) is 5.73 Å². The molecule has 0 aliphatic carbocycles. The minimum absolute atomic E-state index is 0.582. The van der Waals surface area contributed by atoms with Crippen molar-refractivity contribution in [3.8, 4) is 11.1 Å². The quantitative estimate of drug-likeness (QED) is 0.879. The molecule has 76 valence electrons. The Hall–Kier alpha value is -1.12. The topological polar surface area (TPSA) is 26.0 Å². The molecule has 0 spiro atoms. The van der Waals surface area contributed by atoms with E-state index in [0.29, 0.717) is 6.54 Å². The van der Waals surface area contributed by atoms with E-state index in [1.54, 1.807) is 0 Å². The summed E-state index contributed by atoms with van der Waals surface area (Å²) in [7, 11) is 0. The average Bonchev–Trinajstić information content (AvgIpc) is 2.30. The third kappa shape index (κ3) is 2.28. The molecule has 0 fully saturated rings. The number of benzene rings is 2. The molecule has 0 atom stereocenters. The van der Waals surface area contributed by atoms with Gasteiger partial charge in [-0.05, 0) is 28.8 Å². The van der Waals surface area contributed by atoms with Crippen LogP contribution >= 0.6 is 15.9 Å². The molecule has 2 rings (SSSR count). The van der Waals surface area contributed by atoms with Gasteiger partial charge in [0.2, 0.25) is 0 Å². The third-order valence-corrected chi connectivity index (χ3v) is 3.04. The lowest BCUT2D eigenvalue weighted by Crippen LogP contribution is -1.95. The lowest BCUT2D eigenvalue weighted by Gasteiger charge is -2.05. The maximum absolute atomic E-state index is 5.62. The van der Waals surface area contributed by atoms with Gasteiger partial charge in [-0.15, -0.1) is 0 Å². The molecule has 0 saturated carbocycles. The van der Waals surface area contributed by atoms with Gasteiger partial charge >= 0.3 is 0 Å². The predicted molar refractivity (Wildman–Crippen MR) is 67.5 cm³/mol. The molecule has 0 unspecified atom stereocenters. The van der Waals surface area contributed by atoms with Gasteiger partial charge in [0.05, 0.1) is 0 Å². The second-order valence-corrected chi connectivity index (χ2v) is 4.24. The lowest BCUT2D eigenvalue weighted by atomic mass is 10.0. The Morgan fingerprint density at radius 3 is 2.53 bits per heavy atom. The van der Waals surface area contributed by atoms with Gasteiger partial charge in [-0.1, -0.05) is 52.3 Å². The van der Waals surface area contributed by atoms with Crippen LogP contribution < -0.4 is 5.73 Å². The van der Waals surface area contributed by atoms with Gasteiger partial charge in [-0.25, -0.2) is 0 Å². The second-order valence-electron chi connectivity index (χ2n) is 3.38. The maximum atomic E-state index is 5.62. The number of halogens is 1. The normalized spacial score (nSPS) is 10.3. The molecule has 0 heterocycles. The Bertz CT molecular complexity index is 466. The van der Waals surface area contributed by atoms with Crippen molar-refractivity contribution in [2.75, 3.05) is 0 Å². The van der Waals surface area contributed by atoms with Crippen LogP contribution in [0.25, 0.3) is 11.1 Å². The van der Waals surface area contributed by atoms with E-state index in [-0.39, 0.29) is 0 Å². The van der Waals surface area contributed by atoms with Crippen LogP contribution in [0.3, 0.4) is 0 Å². The van der Waals surface area contributed by atoms with Crippen LogP contribution in [-0.4, -0.2) is 0 Å². The first-order chi connectivity index (χ1) is 7.31. The van der Waals surface area contributed by atoms with Gasteiger partial charge in [0, 0.05) is 11.0 Å². The minimum Gasteiger partial charge on any atom is -0.326 e. The van der Waals surface area contributed by atoms with Crippen molar-refractivity contribution in [1.82, 2.24) is 0 Å². The zero-order valence-electron chi connectivity index (χ0n) is 8.28. The molecule has 0 aliphatic heterocycles. The Balaban J connectivity index is 2.49. The fourth-order valence-corrected chi connectivity index (χ4v) is 2.07. The Kier molecular flexibility index (Phi) is 3.19. The number of hydrogen-bond donors (Lipinski definition) is 1. The molecule has 2 N–H and O–H groups in total. The minimum atomic E-state index is 0.582. The van der Waals surface area contributed by atoms with Crippen LogP contribution in [0.5, 0.6) is 0 Å². The Labute approximate surface area is 98.1 Å². The van der Waals surface area contributed by atoms with Crippen molar-refractivity contribution < 1.29 is 0 Å². The number of nitrogens with two attached hydrogens (primary N) is 1. The van der Waals surface area contributed by atoms with Crippen LogP contribution in [0.2, 0.25) is 0 Å². The smallest absolute Gasteiger partial charge is 0.0253 e. The van der Waals surface area contributed by atoms with Gasteiger partial charge < -0.3 is 5.73 Å². The molecule has 2 heteroatoms. The highest BCUT2D eigenvalue weighted by molar-refractivity contribution is 9.10. The molecule has 0 saturated heterocycles. The Morgan fingerprint density at radius 1 is 1.00 bits per heavy atom. The van der Waals surface area contributed by atoms with E-state index >= 15 is 0 Å². The maximum Gasteiger partial charge on any atom is 0.0253 e. The first-order valence-corrected chi connectivity index (χ1v) is 5.64. The molecule has 15 heavy (non-hydrogen) atoms. The summed E-state index contributed by atoms with van der Waals surface area (Å²) < 4.78 is 1.11. The van der Waals surface area contributed by atoms with Crippen LogP contribution in [0.1, 0.15) is 5.56 Å². The molecular formula is C13H12BrN. The third-order valence-electron chi connectivity index (χ3n) is 2.35. The van der Waals surface area contributed by atoms with E-state index in [0.717, 1.165) is 10.0 Å². The highest BCUT2D eigenvalue weighted by atomic mass is 79.9. The summed E-state index contributed by atoms with van der Waals surface area (Å²) in [4.78, 5) is 0. The highest BCUT2D eigenvalue weighted by Gasteiger charge is 2.01. The molecule has 1 nitrogen and oxygen atoms in total. The summed E-state index contributed by atoms with van der Waals surface area (Å²) in [5.74, 6) is 0. The highest BCUT2D eigenvalue weighted by Crippen LogP contribution is 2.28. The second kappa shape index (κ2) is 4.60. The van der Waals surface area contributed by atoms with Crippen LogP contribution in [-0.2, 0) is 6.54 Å². The molecule has 0 aromatic heterocycles. The largest absolute Gasteiger partial charge is 0.326 e.